The van der Waals surface area contributed by atoms with E-state index in [1.54, 1.807) is 42.5 Å². The van der Waals surface area contributed by atoms with Crippen LogP contribution in [-0.2, 0) is 32.8 Å². The third kappa shape index (κ3) is 8.12. The molecule has 3 aromatic rings. The van der Waals surface area contributed by atoms with E-state index in [0.29, 0.717) is 16.3 Å². The molecule has 1 atom stereocenters. The number of carbonyl (C=O) groups is 2. The van der Waals surface area contributed by atoms with E-state index < -0.39 is 28.7 Å². The van der Waals surface area contributed by atoms with Crippen molar-refractivity contribution in [3.63, 3.8) is 0 Å². The molecule has 2 amide bonds. The minimum atomic E-state index is -4.04. The number of para-hydroxylation sites is 1. The molecule has 8 nitrogen and oxygen atoms in total. The van der Waals surface area contributed by atoms with Gasteiger partial charge in [0.25, 0.3) is 0 Å². The van der Waals surface area contributed by atoms with Gasteiger partial charge in [-0.2, -0.15) is 12.7 Å². The van der Waals surface area contributed by atoms with Crippen molar-refractivity contribution in [2.24, 2.45) is 0 Å². The summed E-state index contributed by atoms with van der Waals surface area (Å²) in [6, 6.07) is 24.4. The topological polar surface area (TPSA) is 90.0 Å². The van der Waals surface area contributed by atoms with Crippen molar-refractivity contribution >= 4 is 39.3 Å². The second-order valence-electron chi connectivity index (χ2n) is 10.8. The first kappa shape index (κ1) is 31.5. The molecule has 0 bridgehead atoms. The maximum absolute atomic E-state index is 14.3. The molecular weight excluding hydrogens is 572 g/mol. The highest BCUT2D eigenvalue weighted by atomic mass is 35.5. The highest BCUT2D eigenvalue weighted by Crippen LogP contribution is 2.24. The molecule has 4 rings (SSSR count). The van der Waals surface area contributed by atoms with E-state index in [2.05, 4.69) is 5.32 Å². The molecule has 1 N–H and O–H groups in total. The molecule has 0 saturated heterocycles. The Morgan fingerprint density at radius 1 is 0.881 bits per heavy atom. The highest BCUT2D eigenvalue weighted by molar-refractivity contribution is 7.90. The van der Waals surface area contributed by atoms with Gasteiger partial charge in [0.1, 0.15) is 12.6 Å². The van der Waals surface area contributed by atoms with Gasteiger partial charge in [-0.3, -0.25) is 9.59 Å². The summed E-state index contributed by atoms with van der Waals surface area (Å²) in [6.45, 7) is -0.449. The molecule has 0 heterocycles. The van der Waals surface area contributed by atoms with E-state index >= 15 is 0 Å². The van der Waals surface area contributed by atoms with E-state index in [4.69, 9.17) is 11.6 Å². The van der Waals surface area contributed by atoms with Gasteiger partial charge in [0, 0.05) is 38.1 Å². The first-order valence-corrected chi connectivity index (χ1v) is 16.1. The maximum atomic E-state index is 14.3. The number of hydrogen-bond acceptors (Lipinski definition) is 4. The highest BCUT2D eigenvalue weighted by Gasteiger charge is 2.35. The lowest BCUT2D eigenvalue weighted by Crippen LogP contribution is -2.55. The van der Waals surface area contributed by atoms with Crippen molar-refractivity contribution in [2.75, 3.05) is 24.9 Å². The fourth-order valence-electron chi connectivity index (χ4n) is 5.22. The summed E-state index contributed by atoms with van der Waals surface area (Å²) in [5.74, 6) is -0.767. The van der Waals surface area contributed by atoms with Gasteiger partial charge in [0.15, 0.2) is 0 Å². The summed E-state index contributed by atoms with van der Waals surface area (Å²) in [5.41, 5.74) is 1.90. The largest absolute Gasteiger partial charge is 0.352 e. The van der Waals surface area contributed by atoms with Crippen LogP contribution in [0.4, 0.5) is 5.69 Å². The molecule has 0 unspecified atom stereocenters. The smallest absolute Gasteiger partial charge is 0.304 e. The summed E-state index contributed by atoms with van der Waals surface area (Å²) in [6.07, 6.45) is 5.29. The average Bonchev–Trinajstić information content (AvgIpc) is 2.99. The zero-order valence-electron chi connectivity index (χ0n) is 24.2. The van der Waals surface area contributed by atoms with E-state index in [-0.39, 0.29) is 24.9 Å². The van der Waals surface area contributed by atoms with Crippen LogP contribution in [0.15, 0.2) is 84.9 Å². The van der Waals surface area contributed by atoms with Gasteiger partial charge in [-0.25, -0.2) is 4.31 Å². The predicted molar refractivity (Wildman–Crippen MR) is 167 cm³/mol. The first-order valence-electron chi connectivity index (χ1n) is 14.3. The monoisotopic (exact) mass is 610 g/mol. The van der Waals surface area contributed by atoms with Crippen LogP contribution in [-0.4, -0.2) is 62.2 Å². The number of anilines is 1. The number of rotatable bonds is 12. The van der Waals surface area contributed by atoms with Crippen molar-refractivity contribution < 1.29 is 18.0 Å². The van der Waals surface area contributed by atoms with Crippen molar-refractivity contribution in [3.8, 4) is 0 Å². The van der Waals surface area contributed by atoms with Gasteiger partial charge < -0.3 is 10.2 Å². The van der Waals surface area contributed by atoms with Gasteiger partial charge in [-0.05, 0) is 42.2 Å². The second-order valence-corrected chi connectivity index (χ2v) is 13.3. The molecule has 0 spiro atoms. The van der Waals surface area contributed by atoms with Crippen LogP contribution in [0.25, 0.3) is 0 Å². The van der Waals surface area contributed by atoms with Crippen LogP contribution in [0.2, 0.25) is 5.02 Å². The Labute approximate surface area is 254 Å². The zero-order valence-corrected chi connectivity index (χ0v) is 25.7. The molecule has 3 aromatic carbocycles. The molecule has 42 heavy (non-hydrogen) atoms. The van der Waals surface area contributed by atoms with Crippen molar-refractivity contribution in [2.45, 2.75) is 57.2 Å². The Morgan fingerprint density at radius 2 is 1.48 bits per heavy atom. The Morgan fingerprint density at radius 3 is 2.10 bits per heavy atom. The lowest BCUT2D eigenvalue weighted by atomic mass is 9.94. The van der Waals surface area contributed by atoms with Gasteiger partial charge in [0.2, 0.25) is 11.8 Å². The lowest BCUT2D eigenvalue weighted by molar-refractivity contribution is -0.140. The Hall–Kier alpha value is -3.40. The minimum absolute atomic E-state index is 0.0386. The number of nitrogens with zero attached hydrogens (tertiary/aromatic N) is 3. The van der Waals surface area contributed by atoms with Crippen molar-refractivity contribution in [1.82, 2.24) is 14.5 Å². The molecular formula is C32H39ClN4O4S. The average molecular weight is 611 g/mol. The standard InChI is InChI=1S/C32H39ClN4O4S/c1-35(2)42(40,41)37(28-19-10-5-11-20-28)24-31(38)36(23-26-16-12-13-21-29(26)33)30(22-25-14-6-3-7-15-25)32(39)34-27-17-8-4-9-18-27/h3,5-7,10-16,19-21,27,30H,4,8-9,17-18,22-24H2,1-2H3,(H,34,39)/t30-/m1/s1. The summed E-state index contributed by atoms with van der Waals surface area (Å²) in [5, 5.41) is 3.66. The minimum Gasteiger partial charge on any atom is -0.352 e. The van der Waals surface area contributed by atoms with E-state index in [1.165, 1.54) is 19.0 Å². The fraction of sp³-hybridized carbons (Fsp3) is 0.375. The number of benzene rings is 3. The molecule has 0 radical (unpaired) electrons. The van der Waals surface area contributed by atoms with Crippen LogP contribution in [0.5, 0.6) is 0 Å². The Balaban J connectivity index is 1.75. The zero-order chi connectivity index (χ0) is 30.1. The third-order valence-corrected chi connectivity index (χ3v) is 9.77. The number of halogens is 1. The molecule has 10 heteroatoms. The summed E-state index contributed by atoms with van der Waals surface area (Å²) < 4.78 is 29.0. The lowest BCUT2D eigenvalue weighted by Gasteiger charge is -2.35. The summed E-state index contributed by atoms with van der Waals surface area (Å²) >= 11 is 6.54. The summed E-state index contributed by atoms with van der Waals surface area (Å²) in [4.78, 5) is 29.8. The summed E-state index contributed by atoms with van der Waals surface area (Å²) in [7, 11) is -1.19. The van der Waals surface area contributed by atoms with E-state index in [0.717, 1.165) is 46.3 Å². The normalized spacial score (nSPS) is 14.8. The maximum Gasteiger partial charge on any atom is 0.304 e. The molecule has 1 aliphatic rings. The van der Waals surface area contributed by atoms with Crippen LogP contribution >= 0.6 is 11.6 Å². The van der Waals surface area contributed by atoms with Crippen LogP contribution in [0.3, 0.4) is 0 Å². The number of carbonyl (C=O) groups excluding carboxylic acids is 2. The van der Waals surface area contributed by atoms with E-state index in [1.807, 2.05) is 42.5 Å². The number of nitrogens with one attached hydrogen (secondary N) is 1. The van der Waals surface area contributed by atoms with Gasteiger partial charge in [-0.15, -0.1) is 0 Å². The van der Waals surface area contributed by atoms with Crippen LogP contribution in [0.1, 0.15) is 43.2 Å². The van der Waals surface area contributed by atoms with Gasteiger partial charge in [0.05, 0.1) is 5.69 Å². The van der Waals surface area contributed by atoms with Gasteiger partial charge >= 0.3 is 10.2 Å². The molecule has 1 aliphatic carbocycles. The Kier molecular flexibility index (Phi) is 11.0. The fourth-order valence-corrected chi connectivity index (χ4v) is 6.47. The molecule has 1 fully saturated rings. The first-order chi connectivity index (χ1) is 20.2. The number of hydrogen-bond donors (Lipinski definition) is 1. The number of amides is 2. The Bertz CT molecular complexity index is 1430. The molecule has 0 aromatic heterocycles. The predicted octanol–water partition coefficient (Wildman–Crippen LogP) is 5.04. The van der Waals surface area contributed by atoms with Crippen LogP contribution in [0, 0.1) is 0 Å². The van der Waals surface area contributed by atoms with Crippen molar-refractivity contribution in [3.05, 3.63) is 101 Å². The van der Waals surface area contributed by atoms with Gasteiger partial charge in [-0.1, -0.05) is 97.6 Å². The van der Waals surface area contributed by atoms with Crippen molar-refractivity contribution in [1.29, 1.82) is 0 Å². The quantitative estimate of drug-likeness (QED) is 0.311. The molecule has 224 valence electrons. The molecule has 1 saturated carbocycles. The van der Waals surface area contributed by atoms with E-state index in [9.17, 15) is 18.0 Å². The second kappa shape index (κ2) is 14.7. The third-order valence-electron chi connectivity index (χ3n) is 7.58. The van der Waals surface area contributed by atoms with Crippen LogP contribution < -0.4 is 9.62 Å². The SMILES string of the molecule is CN(C)S(=O)(=O)N(CC(=O)N(Cc1ccccc1Cl)[C@H](Cc1ccccc1)C(=O)NC1CCCCC1)c1ccccc1. The molecule has 0 aliphatic heterocycles.